The summed E-state index contributed by atoms with van der Waals surface area (Å²) in [5.41, 5.74) is 2.00. The molecule has 1 aromatic heterocycles. The van der Waals surface area contributed by atoms with Crippen LogP contribution in [-0.2, 0) is 4.79 Å². The highest BCUT2D eigenvalue weighted by Crippen LogP contribution is 2.28. The molecule has 2 unspecified atom stereocenters. The number of benzene rings is 1. The monoisotopic (exact) mass is 304 g/mol. The van der Waals surface area contributed by atoms with Crippen LogP contribution >= 0.6 is 11.6 Å². The van der Waals surface area contributed by atoms with Crippen molar-refractivity contribution in [3.63, 3.8) is 0 Å². The molecule has 6 heteroatoms. The maximum atomic E-state index is 12.1. The number of halogens is 1. The van der Waals surface area contributed by atoms with E-state index in [4.69, 9.17) is 16.9 Å². The van der Waals surface area contributed by atoms with E-state index in [0.29, 0.717) is 17.9 Å². The number of likely N-dealkylation sites (N-methyl/N-ethyl adjacent to an activating group) is 1. The Labute approximate surface area is 128 Å². The second-order valence-electron chi connectivity index (χ2n) is 4.84. The van der Waals surface area contributed by atoms with Crippen molar-refractivity contribution in [1.82, 2.24) is 14.9 Å². The molecule has 0 aliphatic rings. The molecule has 0 radical (unpaired) electrons. The van der Waals surface area contributed by atoms with Crippen molar-refractivity contribution < 1.29 is 4.79 Å². The highest BCUT2D eigenvalue weighted by molar-refractivity contribution is 6.20. The third-order valence-corrected chi connectivity index (χ3v) is 3.51. The SMILES string of the molecule is CCNC(=O)C(C)n1c(C(C)Cl)nc2ccc(C#N)cc21. The lowest BCUT2D eigenvalue weighted by Gasteiger charge is -2.18. The third kappa shape index (κ3) is 2.86. The molecular formula is C15H17ClN4O. The fourth-order valence-electron chi connectivity index (χ4n) is 2.31. The van der Waals surface area contributed by atoms with Gasteiger partial charge >= 0.3 is 0 Å². The van der Waals surface area contributed by atoms with Crippen LogP contribution in [0, 0.1) is 11.3 Å². The van der Waals surface area contributed by atoms with E-state index in [-0.39, 0.29) is 11.3 Å². The molecule has 2 rings (SSSR count). The lowest BCUT2D eigenvalue weighted by molar-refractivity contribution is -0.123. The summed E-state index contributed by atoms with van der Waals surface area (Å²) >= 11 is 6.20. The van der Waals surface area contributed by atoms with Gasteiger partial charge in [-0.25, -0.2) is 4.98 Å². The van der Waals surface area contributed by atoms with Gasteiger partial charge in [0.2, 0.25) is 5.91 Å². The van der Waals surface area contributed by atoms with E-state index in [1.54, 1.807) is 29.7 Å². The number of alkyl halides is 1. The molecule has 110 valence electrons. The lowest BCUT2D eigenvalue weighted by atomic mass is 10.2. The Balaban J connectivity index is 2.65. The molecule has 2 aromatic rings. The molecule has 2 atom stereocenters. The largest absolute Gasteiger partial charge is 0.355 e. The zero-order valence-corrected chi connectivity index (χ0v) is 13.0. The number of fused-ring (bicyclic) bond motifs is 1. The molecule has 1 heterocycles. The summed E-state index contributed by atoms with van der Waals surface area (Å²) in [6.45, 7) is 6.05. The molecule has 0 saturated carbocycles. The van der Waals surface area contributed by atoms with Crippen molar-refractivity contribution in [2.75, 3.05) is 6.54 Å². The van der Waals surface area contributed by atoms with E-state index < -0.39 is 6.04 Å². The molecule has 5 nitrogen and oxygen atoms in total. The Morgan fingerprint density at radius 2 is 2.24 bits per heavy atom. The van der Waals surface area contributed by atoms with Gasteiger partial charge in [0.05, 0.1) is 28.0 Å². The van der Waals surface area contributed by atoms with Gasteiger partial charge in [-0.3, -0.25) is 4.79 Å². The maximum Gasteiger partial charge on any atom is 0.242 e. The summed E-state index contributed by atoms with van der Waals surface area (Å²) in [4.78, 5) is 16.6. The van der Waals surface area contributed by atoms with E-state index in [1.807, 2.05) is 13.8 Å². The first-order chi connectivity index (χ1) is 9.99. The number of rotatable bonds is 4. The predicted octanol–water partition coefficient (Wildman–Crippen LogP) is 2.90. The minimum absolute atomic E-state index is 0.0993. The van der Waals surface area contributed by atoms with Crippen molar-refractivity contribution >= 4 is 28.5 Å². The Kier molecular flexibility index (Phi) is 4.49. The minimum atomic E-state index is -0.444. The minimum Gasteiger partial charge on any atom is -0.355 e. The van der Waals surface area contributed by atoms with Crippen LogP contribution in [0.5, 0.6) is 0 Å². The van der Waals surface area contributed by atoms with Crippen LogP contribution in [0.2, 0.25) is 0 Å². The van der Waals surface area contributed by atoms with Gasteiger partial charge in [-0.1, -0.05) is 0 Å². The van der Waals surface area contributed by atoms with Crippen LogP contribution in [0.4, 0.5) is 0 Å². The zero-order valence-electron chi connectivity index (χ0n) is 12.2. The first kappa shape index (κ1) is 15.3. The highest BCUT2D eigenvalue weighted by Gasteiger charge is 2.23. The summed E-state index contributed by atoms with van der Waals surface area (Å²) < 4.78 is 1.80. The van der Waals surface area contributed by atoms with Gasteiger partial charge in [-0.2, -0.15) is 5.26 Å². The van der Waals surface area contributed by atoms with E-state index in [1.165, 1.54) is 0 Å². The van der Waals surface area contributed by atoms with Crippen molar-refractivity contribution in [2.45, 2.75) is 32.2 Å². The molecular weight excluding hydrogens is 288 g/mol. The van der Waals surface area contributed by atoms with Gasteiger partial charge < -0.3 is 9.88 Å². The highest BCUT2D eigenvalue weighted by atomic mass is 35.5. The predicted molar refractivity (Wildman–Crippen MR) is 82.1 cm³/mol. The van der Waals surface area contributed by atoms with Crippen molar-refractivity contribution in [3.05, 3.63) is 29.6 Å². The van der Waals surface area contributed by atoms with Gasteiger partial charge in [0, 0.05) is 6.54 Å². The smallest absolute Gasteiger partial charge is 0.242 e. The van der Waals surface area contributed by atoms with Crippen LogP contribution in [-0.4, -0.2) is 22.0 Å². The molecule has 1 amide bonds. The molecule has 0 saturated heterocycles. The van der Waals surface area contributed by atoms with Crippen LogP contribution in [0.3, 0.4) is 0 Å². The number of carbonyl (C=O) groups excluding carboxylic acids is 1. The number of nitriles is 1. The van der Waals surface area contributed by atoms with Crippen LogP contribution in [0.15, 0.2) is 18.2 Å². The van der Waals surface area contributed by atoms with Gasteiger partial charge in [0.1, 0.15) is 11.9 Å². The van der Waals surface area contributed by atoms with Gasteiger partial charge in [0.15, 0.2) is 0 Å². The quantitative estimate of drug-likeness (QED) is 0.883. The van der Waals surface area contributed by atoms with Gasteiger partial charge in [-0.05, 0) is 39.0 Å². The third-order valence-electron chi connectivity index (χ3n) is 3.32. The molecule has 0 bridgehead atoms. The molecule has 21 heavy (non-hydrogen) atoms. The number of amides is 1. The van der Waals surface area contributed by atoms with E-state index in [0.717, 1.165) is 11.0 Å². The molecule has 0 aliphatic heterocycles. The van der Waals surface area contributed by atoms with E-state index >= 15 is 0 Å². The zero-order chi connectivity index (χ0) is 15.6. The Hall–Kier alpha value is -2.06. The average molecular weight is 305 g/mol. The fourth-order valence-corrected chi connectivity index (χ4v) is 2.46. The number of hydrogen-bond donors (Lipinski definition) is 1. The molecule has 0 fully saturated rings. The van der Waals surface area contributed by atoms with Crippen molar-refractivity contribution in [2.24, 2.45) is 0 Å². The van der Waals surface area contributed by atoms with Crippen LogP contribution < -0.4 is 5.32 Å². The number of nitrogens with one attached hydrogen (secondary N) is 1. The summed E-state index contributed by atoms with van der Waals surface area (Å²) in [5.74, 6) is 0.526. The second kappa shape index (κ2) is 6.15. The van der Waals surface area contributed by atoms with Gasteiger partial charge in [0.25, 0.3) is 0 Å². The topological polar surface area (TPSA) is 70.7 Å². The van der Waals surface area contributed by atoms with Crippen LogP contribution in [0.1, 0.15) is 43.6 Å². The van der Waals surface area contributed by atoms with Crippen molar-refractivity contribution in [3.8, 4) is 6.07 Å². The second-order valence-corrected chi connectivity index (χ2v) is 5.50. The summed E-state index contributed by atoms with van der Waals surface area (Å²) in [6.07, 6.45) is 0. The number of hydrogen-bond acceptors (Lipinski definition) is 3. The number of nitrogens with zero attached hydrogens (tertiary/aromatic N) is 3. The normalized spacial score (nSPS) is 13.7. The first-order valence-corrected chi connectivity index (χ1v) is 7.27. The Bertz CT molecular complexity index is 714. The van der Waals surface area contributed by atoms with Crippen molar-refractivity contribution in [1.29, 1.82) is 5.26 Å². The van der Waals surface area contributed by atoms with E-state index in [2.05, 4.69) is 16.4 Å². The Morgan fingerprint density at radius 3 is 2.81 bits per heavy atom. The molecule has 1 N–H and O–H groups in total. The average Bonchev–Trinajstić information content (AvgIpc) is 2.85. The summed E-state index contributed by atoms with van der Waals surface area (Å²) in [6, 6.07) is 6.88. The maximum absolute atomic E-state index is 12.1. The van der Waals surface area contributed by atoms with Crippen LogP contribution in [0.25, 0.3) is 11.0 Å². The first-order valence-electron chi connectivity index (χ1n) is 6.83. The summed E-state index contributed by atoms with van der Waals surface area (Å²) in [7, 11) is 0. The number of imidazole rings is 1. The lowest BCUT2D eigenvalue weighted by Crippen LogP contribution is -2.31. The Morgan fingerprint density at radius 1 is 1.52 bits per heavy atom. The summed E-state index contributed by atoms with van der Waals surface area (Å²) in [5, 5.41) is 11.5. The van der Waals surface area contributed by atoms with Gasteiger partial charge in [-0.15, -0.1) is 11.6 Å². The number of carbonyl (C=O) groups is 1. The standard InChI is InChI=1S/C15H17ClN4O/c1-4-18-15(21)10(3)20-13-7-11(8-17)5-6-12(13)19-14(20)9(2)16/h5-7,9-10H,4H2,1-3H3,(H,18,21). The molecule has 1 aromatic carbocycles. The van der Waals surface area contributed by atoms with E-state index in [9.17, 15) is 4.79 Å². The molecule has 0 spiro atoms. The number of aromatic nitrogens is 2. The fraction of sp³-hybridized carbons (Fsp3) is 0.400. The molecule has 0 aliphatic carbocycles.